The highest BCUT2D eigenvalue weighted by Gasteiger charge is 2.16. The van der Waals surface area contributed by atoms with Gasteiger partial charge in [0.25, 0.3) is 5.91 Å². The van der Waals surface area contributed by atoms with Gasteiger partial charge in [0.1, 0.15) is 0 Å². The first-order chi connectivity index (χ1) is 9.51. The molecule has 0 atom stereocenters. The van der Waals surface area contributed by atoms with Crippen LogP contribution in [0.5, 0.6) is 0 Å². The van der Waals surface area contributed by atoms with Gasteiger partial charge in [-0.3, -0.25) is 4.79 Å². The first kappa shape index (κ1) is 15.3. The Hall–Kier alpha value is -1.12. The lowest BCUT2D eigenvalue weighted by molar-refractivity contribution is 0.0602. The van der Waals surface area contributed by atoms with E-state index in [1.165, 1.54) is 24.5 Å². The van der Waals surface area contributed by atoms with Crippen molar-refractivity contribution in [2.45, 2.75) is 0 Å². The molecular weight excluding hydrogens is 413 g/mol. The summed E-state index contributed by atoms with van der Waals surface area (Å²) in [5.41, 5.74) is 1.14. The van der Waals surface area contributed by atoms with Crippen molar-refractivity contribution in [1.29, 1.82) is 0 Å². The summed E-state index contributed by atoms with van der Waals surface area (Å²) in [4.78, 5) is 23.8. The summed E-state index contributed by atoms with van der Waals surface area (Å²) in [6.07, 6.45) is 0. The van der Waals surface area contributed by atoms with Crippen molar-refractivity contribution in [3.63, 3.8) is 0 Å². The van der Waals surface area contributed by atoms with E-state index in [1.807, 2.05) is 0 Å². The number of anilines is 1. The molecule has 0 saturated carbocycles. The Bertz CT molecular complexity index is 671. The fraction of sp³-hybridized carbons (Fsp3) is 0.0769. The number of hydrogen-bond acceptors (Lipinski definition) is 4. The Kier molecular flexibility index (Phi) is 5.00. The van der Waals surface area contributed by atoms with Gasteiger partial charge in [-0.25, -0.2) is 4.79 Å². The highest BCUT2D eigenvalue weighted by molar-refractivity contribution is 14.1. The van der Waals surface area contributed by atoms with Crippen molar-refractivity contribution in [1.82, 2.24) is 0 Å². The fourth-order valence-corrected chi connectivity index (χ4v) is 3.03. The third kappa shape index (κ3) is 3.50. The first-order valence-corrected chi connectivity index (χ1v) is 7.78. The molecule has 20 heavy (non-hydrogen) atoms. The zero-order chi connectivity index (χ0) is 14.7. The van der Waals surface area contributed by atoms with E-state index >= 15 is 0 Å². The van der Waals surface area contributed by atoms with Crippen LogP contribution in [0.1, 0.15) is 20.7 Å². The van der Waals surface area contributed by atoms with E-state index in [1.54, 1.807) is 23.6 Å². The number of halogens is 2. The molecule has 1 aromatic heterocycles. The maximum Gasteiger partial charge on any atom is 0.340 e. The van der Waals surface area contributed by atoms with Crippen LogP contribution in [0.2, 0.25) is 5.02 Å². The van der Waals surface area contributed by atoms with Crippen molar-refractivity contribution in [2.24, 2.45) is 0 Å². The fourth-order valence-electron chi connectivity index (χ4n) is 1.53. The van der Waals surface area contributed by atoms with E-state index < -0.39 is 5.97 Å². The second-order valence-corrected chi connectivity index (χ2v) is 7.02. The number of thiophene rings is 1. The Balaban J connectivity index is 2.29. The molecule has 1 N–H and O–H groups in total. The van der Waals surface area contributed by atoms with Crippen molar-refractivity contribution < 1.29 is 14.3 Å². The quantitative estimate of drug-likeness (QED) is 0.601. The minimum absolute atomic E-state index is 0.221. The van der Waals surface area contributed by atoms with E-state index in [2.05, 4.69) is 32.6 Å². The molecule has 4 nitrogen and oxygen atoms in total. The summed E-state index contributed by atoms with van der Waals surface area (Å²) in [6, 6.07) is 6.40. The van der Waals surface area contributed by atoms with E-state index in [4.69, 9.17) is 11.6 Å². The molecule has 104 valence electrons. The Morgan fingerprint density at radius 2 is 2.10 bits per heavy atom. The molecule has 0 aliphatic rings. The second-order valence-electron chi connectivity index (χ2n) is 3.78. The van der Waals surface area contributed by atoms with Gasteiger partial charge in [-0.2, -0.15) is 0 Å². The third-order valence-electron chi connectivity index (χ3n) is 2.46. The van der Waals surface area contributed by atoms with Gasteiger partial charge in [0, 0.05) is 10.4 Å². The summed E-state index contributed by atoms with van der Waals surface area (Å²) in [5.74, 6) is -0.834. The molecule has 1 aromatic carbocycles. The number of benzene rings is 1. The van der Waals surface area contributed by atoms with Gasteiger partial charge in [-0.05, 0) is 46.9 Å². The predicted octanol–water partition coefficient (Wildman–Crippen LogP) is 4.05. The predicted molar refractivity (Wildman–Crippen MR) is 87.8 cm³/mol. The van der Waals surface area contributed by atoms with Gasteiger partial charge in [0.2, 0.25) is 0 Å². The Morgan fingerprint density at radius 3 is 2.70 bits per heavy atom. The number of carbonyl (C=O) groups excluding carboxylic acids is 2. The number of ether oxygens (including phenoxy) is 1. The summed E-state index contributed by atoms with van der Waals surface area (Å²) >= 11 is 9.47. The molecule has 0 saturated heterocycles. The summed E-state index contributed by atoms with van der Waals surface area (Å²) < 4.78 is 5.69. The average molecular weight is 422 g/mol. The maximum absolute atomic E-state index is 12.1. The molecule has 0 spiro atoms. The molecule has 0 bridgehead atoms. The zero-order valence-electron chi connectivity index (χ0n) is 10.3. The smallest absolute Gasteiger partial charge is 0.340 e. The number of amides is 1. The topological polar surface area (TPSA) is 55.4 Å². The molecule has 7 heteroatoms. The van der Waals surface area contributed by atoms with Crippen LogP contribution in [0.15, 0.2) is 29.6 Å². The summed E-state index contributed by atoms with van der Waals surface area (Å²) in [5, 5.41) is 4.84. The SMILES string of the molecule is COC(=O)c1cc(Cl)ccc1NC(=O)c1csc(I)c1. The lowest BCUT2D eigenvalue weighted by atomic mass is 10.1. The second kappa shape index (κ2) is 6.55. The molecule has 1 amide bonds. The molecule has 2 aromatic rings. The van der Waals surface area contributed by atoms with Crippen LogP contribution >= 0.6 is 45.5 Å². The first-order valence-electron chi connectivity index (χ1n) is 5.44. The lowest BCUT2D eigenvalue weighted by Gasteiger charge is -2.09. The zero-order valence-corrected chi connectivity index (χ0v) is 14.0. The van der Waals surface area contributed by atoms with Crippen molar-refractivity contribution in [3.05, 3.63) is 48.7 Å². The van der Waals surface area contributed by atoms with E-state index in [9.17, 15) is 9.59 Å². The minimum Gasteiger partial charge on any atom is -0.465 e. The van der Waals surface area contributed by atoms with Gasteiger partial charge in [-0.15, -0.1) is 11.3 Å². The summed E-state index contributed by atoms with van der Waals surface area (Å²) in [7, 11) is 1.27. The highest BCUT2D eigenvalue weighted by Crippen LogP contribution is 2.23. The van der Waals surface area contributed by atoms with Crippen LogP contribution in [0.3, 0.4) is 0 Å². The lowest BCUT2D eigenvalue weighted by Crippen LogP contribution is -2.14. The molecule has 0 radical (unpaired) electrons. The Labute approximate surface area is 138 Å². The van der Waals surface area contributed by atoms with Crippen molar-refractivity contribution in [3.8, 4) is 0 Å². The van der Waals surface area contributed by atoms with Gasteiger partial charge in [0.05, 0.1) is 26.8 Å². The number of hydrogen-bond donors (Lipinski definition) is 1. The van der Waals surface area contributed by atoms with Crippen molar-refractivity contribution >= 4 is 63.1 Å². The molecule has 0 aliphatic carbocycles. The molecule has 0 fully saturated rings. The molecule has 2 rings (SSSR count). The van der Waals surface area contributed by atoms with Crippen molar-refractivity contribution in [2.75, 3.05) is 12.4 Å². The molecule has 1 heterocycles. The minimum atomic E-state index is -0.553. The van der Waals surface area contributed by atoms with E-state index in [0.29, 0.717) is 16.3 Å². The molecule has 0 unspecified atom stereocenters. The largest absolute Gasteiger partial charge is 0.465 e. The van der Waals surface area contributed by atoms with Gasteiger partial charge >= 0.3 is 5.97 Å². The summed E-state index contributed by atoms with van der Waals surface area (Å²) in [6.45, 7) is 0. The molecule has 0 aliphatic heterocycles. The van der Waals surface area contributed by atoms with E-state index in [-0.39, 0.29) is 11.5 Å². The van der Waals surface area contributed by atoms with Gasteiger partial charge in [-0.1, -0.05) is 11.6 Å². The van der Waals surface area contributed by atoms with Gasteiger partial charge < -0.3 is 10.1 Å². The van der Waals surface area contributed by atoms with Crippen LogP contribution in [0.4, 0.5) is 5.69 Å². The number of nitrogens with one attached hydrogen (secondary N) is 1. The molecular formula is C13H9ClINO3S. The normalized spacial score (nSPS) is 10.2. The number of esters is 1. The maximum atomic E-state index is 12.1. The standard InChI is InChI=1S/C13H9ClINO3S/c1-19-13(18)9-5-8(14)2-3-10(9)16-12(17)7-4-11(15)20-6-7/h2-6H,1H3,(H,16,17). The average Bonchev–Trinajstić information content (AvgIpc) is 2.86. The monoisotopic (exact) mass is 421 g/mol. The Morgan fingerprint density at radius 1 is 1.35 bits per heavy atom. The van der Waals surface area contributed by atoms with Crippen LogP contribution in [-0.4, -0.2) is 19.0 Å². The van der Waals surface area contributed by atoms with Crippen LogP contribution in [-0.2, 0) is 4.74 Å². The highest BCUT2D eigenvalue weighted by atomic mass is 127. The van der Waals surface area contributed by atoms with Crippen LogP contribution < -0.4 is 5.32 Å². The van der Waals surface area contributed by atoms with Crippen LogP contribution in [0.25, 0.3) is 0 Å². The number of methoxy groups -OCH3 is 1. The third-order valence-corrected chi connectivity index (χ3v) is 4.49. The van der Waals surface area contributed by atoms with Gasteiger partial charge in [0.15, 0.2) is 0 Å². The number of rotatable bonds is 3. The number of carbonyl (C=O) groups is 2. The van der Waals surface area contributed by atoms with Crippen LogP contribution in [0, 0.1) is 2.88 Å². The van der Waals surface area contributed by atoms with E-state index in [0.717, 1.165) is 2.88 Å².